The Hall–Kier alpha value is -0.770. The van der Waals surface area contributed by atoms with Gasteiger partial charge in [-0.2, -0.15) is 0 Å². The molecule has 0 atom stereocenters. The standard InChI is InChI=1S/C10H20N4/c11-10(13-9-3-1-2-4-9)14-7-5-12-6-8-14/h9,12H,1-8H2,(H2,11,13). The molecule has 1 aliphatic carbocycles. The van der Waals surface area contributed by atoms with Gasteiger partial charge in [-0.15, -0.1) is 0 Å². The Morgan fingerprint density at radius 2 is 1.86 bits per heavy atom. The minimum Gasteiger partial charge on any atom is -0.370 e. The fourth-order valence-electron chi connectivity index (χ4n) is 2.20. The molecule has 14 heavy (non-hydrogen) atoms. The Bertz CT molecular complexity index is 202. The molecule has 1 heterocycles. The van der Waals surface area contributed by atoms with Gasteiger partial charge in [-0.05, 0) is 12.8 Å². The van der Waals surface area contributed by atoms with E-state index < -0.39 is 0 Å². The molecule has 2 aliphatic rings. The molecule has 0 radical (unpaired) electrons. The predicted octanol–water partition coefficient (Wildman–Crippen LogP) is 0.149. The van der Waals surface area contributed by atoms with Gasteiger partial charge < -0.3 is 16.0 Å². The van der Waals surface area contributed by atoms with Crippen LogP contribution in [0.15, 0.2) is 4.99 Å². The number of nitrogens with one attached hydrogen (secondary N) is 1. The Morgan fingerprint density at radius 3 is 2.50 bits per heavy atom. The Morgan fingerprint density at radius 1 is 1.21 bits per heavy atom. The molecule has 4 nitrogen and oxygen atoms in total. The van der Waals surface area contributed by atoms with E-state index in [-0.39, 0.29) is 0 Å². The maximum Gasteiger partial charge on any atom is 0.191 e. The molecule has 1 aliphatic heterocycles. The topological polar surface area (TPSA) is 53.6 Å². The molecule has 3 N–H and O–H groups in total. The number of hydrogen-bond acceptors (Lipinski definition) is 2. The van der Waals surface area contributed by atoms with E-state index in [1.807, 2.05) is 0 Å². The number of nitrogens with two attached hydrogens (primary N) is 1. The number of hydrogen-bond donors (Lipinski definition) is 2. The highest BCUT2D eigenvalue weighted by atomic mass is 15.3. The normalized spacial score (nSPS) is 25.7. The molecule has 0 aromatic heterocycles. The van der Waals surface area contributed by atoms with E-state index in [0.29, 0.717) is 6.04 Å². The lowest BCUT2D eigenvalue weighted by molar-refractivity contribution is 0.351. The summed E-state index contributed by atoms with van der Waals surface area (Å²) in [7, 11) is 0. The van der Waals surface area contributed by atoms with E-state index in [2.05, 4.69) is 15.2 Å². The molecule has 4 heteroatoms. The SMILES string of the molecule is NC(=NC1CCCC1)N1CCNCC1. The van der Waals surface area contributed by atoms with Crippen LogP contribution >= 0.6 is 0 Å². The number of rotatable bonds is 1. The van der Waals surface area contributed by atoms with Gasteiger partial charge >= 0.3 is 0 Å². The zero-order chi connectivity index (χ0) is 9.80. The monoisotopic (exact) mass is 196 g/mol. The van der Waals surface area contributed by atoms with Gasteiger partial charge in [0.1, 0.15) is 0 Å². The van der Waals surface area contributed by atoms with Crippen molar-refractivity contribution in [3.63, 3.8) is 0 Å². The summed E-state index contributed by atoms with van der Waals surface area (Å²) in [6.45, 7) is 4.06. The van der Waals surface area contributed by atoms with Crippen LogP contribution in [0.2, 0.25) is 0 Å². The predicted molar refractivity (Wildman–Crippen MR) is 58.3 cm³/mol. The van der Waals surface area contributed by atoms with E-state index >= 15 is 0 Å². The van der Waals surface area contributed by atoms with Crippen molar-refractivity contribution in [3.05, 3.63) is 0 Å². The average molecular weight is 196 g/mol. The number of piperazine rings is 1. The number of nitrogens with zero attached hydrogens (tertiary/aromatic N) is 2. The van der Waals surface area contributed by atoms with Crippen LogP contribution in [0.25, 0.3) is 0 Å². The van der Waals surface area contributed by atoms with E-state index in [1.165, 1.54) is 25.7 Å². The van der Waals surface area contributed by atoms with Gasteiger partial charge in [0, 0.05) is 26.2 Å². The van der Waals surface area contributed by atoms with Crippen molar-refractivity contribution in [1.29, 1.82) is 0 Å². The Labute approximate surface area is 85.6 Å². The van der Waals surface area contributed by atoms with Crippen molar-refractivity contribution < 1.29 is 0 Å². The molecule has 0 amide bonds. The lowest BCUT2D eigenvalue weighted by Crippen LogP contribution is -2.49. The summed E-state index contributed by atoms with van der Waals surface area (Å²) in [5.41, 5.74) is 5.98. The second-order valence-electron chi connectivity index (χ2n) is 4.16. The fourth-order valence-corrected chi connectivity index (χ4v) is 2.20. The van der Waals surface area contributed by atoms with E-state index in [0.717, 1.165) is 32.1 Å². The second-order valence-corrected chi connectivity index (χ2v) is 4.16. The molecule has 0 spiro atoms. The highest BCUT2D eigenvalue weighted by Crippen LogP contribution is 2.20. The van der Waals surface area contributed by atoms with Crippen molar-refractivity contribution in [2.45, 2.75) is 31.7 Å². The maximum absolute atomic E-state index is 5.98. The summed E-state index contributed by atoms with van der Waals surface area (Å²) in [6.07, 6.45) is 5.10. The van der Waals surface area contributed by atoms with Crippen LogP contribution in [0, 0.1) is 0 Å². The largest absolute Gasteiger partial charge is 0.370 e. The molecular weight excluding hydrogens is 176 g/mol. The van der Waals surface area contributed by atoms with Crippen LogP contribution in [-0.2, 0) is 0 Å². The zero-order valence-corrected chi connectivity index (χ0v) is 8.71. The summed E-state index contributed by atoms with van der Waals surface area (Å²) in [5, 5.41) is 3.31. The summed E-state index contributed by atoms with van der Waals surface area (Å²) in [5.74, 6) is 0.762. The summed E-state index contributed by atoms with van der Waals surface area (Å²) < 4.78 is 0. The molecule has 2 fully saturated rings. The average Bonchev–Trinajstić information content (AvgIpc) is 2.72. The molecule has 2 rings (SSSR count). The molecular formula is C10H20N4. The lowest BCUT2D eigenvalue weighted by Gasteiger charge is -2.28. The first-order valence-corrected chi connectivity index (χ1v) is 5.65. The maximum atomic E-state index is 5.98. The Balaban J connectivity index is 1.87. The first-order valence-electron chi connectivity index (χ1n) is 5.65. The molecule has 1 saturated carbocycles. The van der Waals surface area contributed by atoms with Crippen molar-refractivity contribution in [1.82, 2.24) is 10.2 Å². The van der Waals surface area contributed by atoms with Crippen LogP contribution in [0.3, 0.4) is 0 Å². The van der Waals surface area contributed by atoms with Crippen molar-refractivity contribution in [3.8, 4) is 0 Å². The third-order valence-electron chi connectivity index (χ3n) is 3.08. The molecule has 0 unspecified atom stereocenters. The van der Waals surface area contributed by atoms with Crippen molar-refractivity contribution in [2.24, 2.45) is 10.7 Å². The van der Waals surface area contributed by atoms with Crippen molar-refractivity contribution in [2.75, 3.05) is 26.2 Å². The minimum absolute atomic E-state index is 0.505. The van der Waals surface area contributed by atoms with Crippen LogP contribution in [0.5, 0.6) is 0 Å². The van der Waals surface area contributed by atoms with Gasteiger partial charge in [0.2, 0.25) is 0 Å². The van der Waals surface area contributed by atoms with Gasteiger partial charge in [0.05, 0.1) is 6.04 Å². The van der Waals surface area contributed by atoms with Gasteiger partial charge in [0.15, 0.2) is 5.96 Å². The fraction of sp³-hybridized carbons (Fsp3) is 0.900. The van der Waals surface area contributed by atoms with Crippen LogP contribution in [0.4, 0.5) is 0 Å². The van der Waals surface area contributed by atoms with E-state index in [4.69, 9.17) is 5.73 Å². The molecule has 80 valence electrons. The van der Waals surface area contributed by atoms with Crippen molar-refractivity contribution >= 4 is 5.96 Å². The van der Waals surface area contributed by atoms with Gasteiger partial charge in [-0.1, -0.05) is 12.8 Å². The van der Waals surface area contributed by atoms with E-state index in [1.54, 1.807) is 0 Å². The molecule has 0 aromatic carbocycles. The summed E-state index contributed by atoms with van der Waals surface area (Å²) in [6, 6.07) is 0.505. The third kappa shape index (κ3) is 2.38. The quantitative estimate of drug-likeness (QED) is 0.463. The van der Waals surface area contributed by atoms with Crippen LogP contribution < -0.4 is 11.1 Å². The zero-order valence-electron chi connectivity index (χ0n) is 8.71. The Kier molecular flexibility index (Phi) is 3.24. The van der Waals surface area contributed by atoms with Crippen LogP contribution in [0.1, 0.15) is 25.7 Å². The van der Waals surface area contributed by atoms with Gasteiger partial charge in [-0.25, -0.2) is 4.99 Å². The van der Waals surface area contributed by atoms with Gasteiger partial charge in [0.25, 0.3) is 0 Å². The number of aliphatic imine (C=N–C) groups is 1. The summed E-state index contributed by atoms with van der Waals surface area (Å²) in [4.78, 5) is 6.78. The van der Waals surface area contributed by atoms with Crippen LogP contribution in [-0.4, -0.2) is 43.1 Å². The second kappa shape index (κ2) is 4.64. The third-order valence-corrected chi connectivity index (χ3v) is 3.08. The first kappa shape index (κ1) is 9.77. The minimum atomic E-state index is 0.505. The lowest BCUT2D eigenvalue weighted by atomic mass is 10.3. The molecule has 0 bridgehead atoms. The molecule has 1 saturated heterocycles. The van der Waals surface area contributed by atoms with E-state index in [9.17, 15) is 0 Å². The number of guanidine groups is 1. The first-order chi connectivity index (χ1) is 6.86. The summed E-state index contributed by atoms with van der Waals surface area (Å²) >= 11 is 0. The molecule has 0 aromatic rings. The smallest absolute Gasteiger partial charge is 0.191 e. The highest BCUT2D eigenvalue weighted by molar-refractivity contribution is 5.78. The highest BCUT2D eigenvalue weighted by Gasteiger charge is 2.17. The van der Waals surface area contributed by atoms with Gasteiger partial charge in [-0.3, -0.25) is 0 Å².